The summed E-state index contributed by atoms with van der Waals surface area (Å²) in [6.45, 7) is 6.53. The fourth-order valence-corrected chi connectivity index (χ4v) is 4.70. The lowest BCUT2D eigenvalue weighted by atomic mass is 10.2. The smallest absolute Gasteiger partial charge is 0.254 e. The Morgan fingerprint density at radius 2 is 2.04 bits per heavy atom. The molecule has 0 saturated carbocycles. The van der Waals surface area contributed by atoms with Crippen LogP contribution >= 0.6 is 0 Å². The minimum atomic E-state index is -3.64. The first-order chi connectivity index (χ1) is 12.5. The molecule has 0 radical (unpaired) electrons. The molecule has 2 aliphatic rings. The molecule has 0 unspecified atom stereocenters. The first-order valence-corrected chi connectivity index (χ1v) is 10.7. The van der Waals surface area contributed by atoms with Crippen LogP contribution in [0.5, 0.6) is 0 Å². The molecule has 7 nitrogen and oxygen atoms in total. The Morgan fingerprint density at radius 3 is 2.77 bits per heavy atom. The quantitative estimate of drug-likeness (QED) is 0.793. The van der Waals surface area contributed by atoms with Gasteiger partial charge < -0.3 is 9.64 Å². The number of nitrogens with zero attached hydrogens (tertiary/aromatic N) is 2. The number of benzene rings is 1. The molecule has 0 aliphatic carbocycles. The lowest BCUT2D eigenvalue weighted by Gasteiger charge is -2.27. The summed E-state index contributed by atoms with van der Waals surface area (Å²) in [6.07, 6.45) is 2.11. The Labute approximate surface area is 155 Å². The van der Waals surface area contributed by atoms with E-state index in [1.54, 1.807) is 17.0 Å². The third-order valence-corrected chi connectivity index (χ3v) is 6.53. The van der Waals surface area contributed by atoms with Crippen molar-refractivity contribution >= 4 is 15.9 Å². The molecule has 3 rings (SSSR count). The number of carbonyl (C=O) groups is 1. The van der Waals surface area contributed by atoms with Crippen LogP contribution in [-0.2, 0) is 14.8 Å². The molecular formula is C18H27N3O4S. The molecule has 2 saturated heterocycles. The third-order valence-electron chi connectivity index (χ3n) is 5.10. The second-order valence-electron chi connectivity index (χ2n) is 6.71. The molecule has 0 aromatic heterocycles. The zero-order valence-electron chi connectivity index (χ0n) is 15.2. The van der Waals surface area contributed by atoms with Crippen LogP contribution in [0.15, 0.2) is 29.2 Å². The number of rotatable bonds is 6. The van der Waals surface area contributed by atoms with Crippen LogP contribution in [0, 0.1) is 0 Å². The minimum Gasteiger partial charge on any atom is -0.378 e. The SMILES string of the molecule is CCN1CCC[C@H]1CNS(=O)(=O)c1cccc(C(=O)N2CCOCC2)c1. The van der Waals surface area contributed by atoms with Gasteiger partial charge in [-0.15, -0.1) is 0 Å². The summed E-state index contributed by atoms with van der Waals surface area (Å²) in [5.41, 5.74) is 0.394. The molecular weight excluding hydrogens is 354 g/mol. The molecule has 1 N–H and O–H groups in total. The topological polar surface area (TPSA) is 79.0 Å². The summed E-state index contributed by atoms with van der Waals surface area (Å²) < 4.78 is 33.3. The predicted molar refractivity (Wildman–Crippen MR) is 98.6 cm³/mol. The lowest BCUT2D eigenvalue weighted by molar-refractivity contribution is 0.0302. The number of likely N-dealkylation sites (tertiary alicyclic amines) is 1. The third kappa shape index (κ3) is 4.43. The van der Waals surface area contributed by atoms with Crippen molar-refractivity contribution in [2.24, 2.45) is 0 Å². The second kappa shape index (κ2) is 8.47. The highest BCUT2D eigenvalue weighted by atomic mass is 32.2. The van der Waals surface area contributed by atoms with Gasteiger partial charge in [0.15, 0.2) is 0 Å². The summed E-state index contributed by atoms with van der Waals surface area (Å²) in [4.78, 5) is 16.7. The van der Waals surface area contributed by atoms with Crippen molar-refractivity contribution in [2.75, 3.05) is 45.9 Å². The average molecular weight is 381 g/mol. The highest BCUT2D eigenvalue weighted by Crippen LogP contribution is 2.18. The van der Waals surface area contributed by atoms with Crippen LogP contribution in [0.1, 0.15) is 30.1 Å². The van der Waals surface area contributed by atoms with Crippen molar-refractivity contribution in [3.63, 3.8) is 0 Å². The van der Waals surface area contributed by atoms with Gasteiger partial charge in [-0.3, -0.25) is 9.69 Å². The van der Waals surface area contributed by atoms with E-state index in [-0.39, 0.29) is 16.8 Å². The van der Waals surface area contributed by atoms with Gasteiger partial charge in [-0.25, -0.2) is 13.1 Å². The predicted octanol–water partition coefficient (Wildman–Crippen LogP) is 0.922. The van der Waals surface area contributed by atoms with Gasteiger partial charge >= 0.3 is 0 Å². The molecule has 2 aliphatic heterocycles. The molecule has 0 bridgehead atoms. The standard InChI is InChI=1S/C18H27N3O4S/c1-2-20-8-4-6-16(20)14-19-26(23,24)17-7-3-5-15(13-17)18(22)21-9-11-25-12-10-21/h3,5,7,13,16,19H,2,4,6,8-12,14H2,1H3/t16-/m0/s1. The van der Waals surface area contributed by atoms with Gasteiger partial charge in [0, 0.05) is 31.2 Å². The van der Waals surface area contributed by atoms with E-state index in [1.807, 2.05) is 0 Å². The maximum atomic E-state index is 12.7. The fourth-order valence-electron chi connectivity index (χ4n) is 3.58. The van der Waals surface area contributed by atoms with Crippen molar-refractivity contribution in [1.82, 2.24) is 14.5 Å². The zero-order valence-corrected chi connectivity index (χ0v) is 16.0. The maximum Gasteiger partial charge on any atom is 0.254 e. The Bertz CT molecular complexity index is 732. The van der Waals surface area contributed by atoms with Gasteiger partial charge in [0.05, 0.1) is 18.1 Å². The number of sulfonamides is 1. The summed E-state index contributed by atoms with van der Waals surface area (Å²) in [6, 6.07) is 6.52. The maximum absolute atomic E-state index is 12.7. The van der Waals surface area contributed by atoms with Crippen LogP contribution in [0.3, 0.4) is 0 Å². The lowest BCUT2D eigenvalue weighted by Crippen LogP contribution is -2.41. The summed E-state index contributed by atoms with van der Waals surface area (Å²) in [5, 5.41) is 0. The molecule has 1 amide bonds. The van der Waals surface area contributed by atoms with Crippen molar-refractivity contribution in [3.8, 4) is 0 Å². The normalized spacial score (nSPS) is 21.9. The summed E-state index contributed by atoms with van der Waals surface area (Å²) in [5.74, 6) is -0.154. The van der Waals surface area contributed by atoms with Gasteiger partial charge in [0.1, 0.15) is 0 Å². The van der Waals surface area contributed by atoms with Crippen LogP contribution in [-0.4, -0.2) is 76.1 Å². The molecule has 8 heteroatoms. The number of amides is 1. The van der Waals surface area contributed by atoms with Crippen molar-refractivity contribution < 1.29 is 17.9 Å². The molecule has 1 aromatic carbocycles. The van der Waals surface area contributed by atoms with E-state index in [2.05, 4.69) is 16.5 Å². The number of morpholine rings is 1. The monoisotopic (exact) mass is 381 g/mol. The Hall–Kier alpha value is -1.48. The molecule has 144 valence electrons. The highest BCUT2D eigenvalue weighted by Gasteiger charge is 2.26. The van der Waals surface area contributed by atoms with Crippen LogP contribution < -0.4 is 4.72 Å². The van der Waals surface area contributed by atoms with Gasteiger partial charge in [-0.2, -0.15) is 0 Å². The molecule has 0 spiro atoms. The number of ether oxygens (including phenoxy) is 1. The van der Waals surface area contributed by atoms with E-state index in [4.69, 9.17) is 4.74 Å². The Kier molecular flexibility index (Phi) is 6.29. The van der Waals surface area contributed by atoms with Crippen molar-refractivity contribution in [1.29, 1.82) is 0 Å². The van der Waals surface area contributed by atoms with Crippen LogP contribution in [0.2, 0.25) is 0 Å². The summed E-state index contributed by atoms with van der Waals surface area (Å²) >= 11 is 0. The van der Waals surface area contributed by atoms with Gasteiger partial charge in [0.2, 0.25) is 10.0 Å². The molecule has 1 aromatic rings. The number of nitrogens with one attached hydrogen (secondary N) is 1. The van der Waals surface area contributed by atoms with Gasteiger partial charge in [-0.1, -0.05) is 13.0 Å². The van der Waals surface area contributed by atoms with Crippen molar-refractivity contribution in [3.05, 3.63) is 29.8 Å². The number of hydrogen-bond acceptors (Lipinski definition) is 5. The van der Waals surface area contributed by atoms with E-state index in [0.29, 0.717) is 38.4 Å². The first-order valence-electron chi connectivity index (χ1n) is 9.22. The van der Waals surface area contributed by atoms with E-state index < -0.39 is 10.0 Å². The van der Waals surface area contributed by atoms with Crippen molar-refractivity contribution in [2.45, 2.75) is 30.7 Å². The zero-order chi connectivity index (χ0) is 18.6. The highest BCUT2D eigenvalue weighted by molar-refractivity contribution is 7.89. The largest absolute Gasteiger partial charge is 0.378 e. The molecule has 2 fully saturated rings. The Balaban J connectivity index is 1.68. The minimum absolute atomic E-state index is 0.137. The van der Waals surface area contributed by atoms with E-state index in [0.717, 1.165) is 25.9 Å². The first kappa shape index (κ1) is 19.3. The molecule has 1 atom stereocenters. The fraction of sp³-hybridized carbons (Fsp3) is 0.611. The van der Waals surface area contributed by atoms with Gasteiger partial charge in [0.25, 0.3) is 5.91 Å². The number of hydrogen-bond donors (Lipinski definition) is 1. The van der Waals surface area contributed by atoms with E-state index >= 15 is 0 Å². The van der Waals surface area contributed by atoms with Crippen LogP contribution in [0.4, 0.5) is 0 Å². The summed E-state index contributed by atoms with van der Waals surface area (Å²) in [7, 11) is -3.64. The Morgan fingerprint density at radius 1 is 1.27 bits per heavy atom. The van der Waals surface area contributed by atoms with Gasteiger partial charge in [-0.05, 0) is 44.1 Å². The molecule has 26 heavy (non-hydrogen) atoms. The van der Waals surface area contributed by atoms with E-state index in [9.17, 15) is 13.2 Å². The molecule has 2 heterocycles. The second-order valence-corrected chi connectivity index (χ2v) is 8.48. The number of likely N-dealkylation sites (N-methyl/N-ethyl adjacent to an activating group) is 1. The average Bonchev–Trinajstić information content (AvgIpc) is 3.14. The van der Waals surface area contributed by atoms with E-state index in [1.165, 1.54) is 12.1 Å². The van der Waals surface area contributed by atoms with Crippen LogP contribution in [0.25, 0.3) is 0 Å². The number of carbonyl (C=O) groups excluding carboxylic acids is 1.